The van der Waals surface area contributed by atoms with E-state index < -0.39 is 17.9 Å². The standard InChI is InChI=1S/C22H22ClN5O5S/c1-12(29)26-18(22(32)33)10-34-7-6-20(31)27-13-2-4-17-15(8-13)21(25-11-24-17)28-14-3-5-19(30)16(23)9-14/h2-5,8-9,11,18,30H,6-7,10H2,1H3,(H,26,29)(H,27,31)(H,32,33)(H,24,25,28)/t18-/m0/s1. The number of phenolic OH excluding ortho intramolecular Hbond substituents is 1. The number of aliphatic carboxylic acids is 1. The zero-order chi connectivity index (χ0) is 24.7. The SMILES string of the molecule is CC(=O)N[C@@H](CSCCC(=O)Nc1ccc2ncnc(Nc3ccc(O)c(Cl)c3)c2c1)C(=O)O. The monoisotopic (exact) mass is 503 g/mol. The van der Waals surface area contributed by atoms with E-state index in [9.17, 15) is 19.5 Å². The van der Waals surface area contributed by atoms with Gasteiger partial charge >= 0.3 is 5.97 Å². The molecular weight excluding hydrogens is 482 g/mol. The van der Waals surface area contributed by atoms with Crippen molar-refractivity contribution in [1.82, 2.24) is 15.3 Å². The highest BCUT2D eigenvalue weighted by Gasteiger charge is 2.18. The lowest BCUT2D eigenvalue weighted by Crippen LogP contribution is -2.41. The summed E-state index contributed by atoms with van der Waals surface area (Å²) >= 11 is 7.23. The van der Waals surface area contributed by atoms with Crippen molar-refractivity contribution in [3.05, 3.63) is 47.7 Å². The molecule has 1 heterocycles. The van der Waals surface area contributed by atoms with Crippen molar-refractivity contribution in [3.63, 3.8) is 0 Å². The minimum atomic E-state index is -1.12. The summed E-state index contributed by atoms with van der Waals surface area (Å²) in [5, 5.41) is 27.9. The zero-order valence-corrected chi connectivity index (χ0v) is 19.6. The number of hydrogen-bond donors (Lipinski definition) is 5. The fraction of sp³-hybridized carbons (Fsp3) is 0.227. The predicted molar refractivity (Wildman–Crippen MR) is 132 cm³/mol. The highest BCUT2D eigenvalue weighted by atomic mass is 35.5. The van der Waals surface area contributed by atoms with Crippen molar-refractivity contribution in [2.75, 3.05) is 22.1 Å². The predicted octanol–water partition coefficient (Wildman–Crippen LogP) is 3.38. The molecule has 34 heavy (non-hydrogen) atoms. The van der Waals surface area contributed by atoms with Crippen LogP contribution in [0.4, 0.5) is 17.2 Å². The van der Waals surface area contributed by atoms with Gasteiger partial charge in [0.05, 0.1) is 10.5 Å². The molecule has 0 spiro atoms. The molecule has 0 aliphatic carbocycles. The quantitative estimate of drug-likeness (QED) is 0.207. The number of carbonyl (C=O) groups is 3. The number of carbonyl (C=O) groups excluding carboxylic acids is 2. The summed E-state index contributed by atoms with van der Waals surface area (Å²) in [5.74, 6) is -0.771. The Kier molecular flexibility index (Phi) is 8.50. The fourth-order valence-electron chi connectivity index (χ4n) is 2.96. The molecule has 10 nitrogen and oxygen atoms in total. The number of nitrogens with zero attached hydrogens (tertiary/aromatic N) is 2. The number of aromatic nitrogens is 2. The van der Waals surface area contributed by atoms with Crippen LogP contribution in [0.5, 0.6) is 5.75 Å². The highest BCUT2D eigenvalue weighted by Crippen LogP contribution is 2.30. The largest absolute Gasteiger partial charge is 0.506 e. The van der Waals surface area contributed by atoms with Crippen LogP contribution < -0.4 is 16.0 Å². The Bertz CT molecular complexity index is 1230. The number of carboxylic acid groups (broad SMARTS) is 1. The number of nitrogens with one attached hydrogen (secondary N) is 3. The third-order valence-electron chi connectivity index (χ3n) is 4.56. The highest BCUT2D eigenvalue weighted by molar-refractivity contribution is 7.99. The van der Waals surface area contributed by atoms with Crippen molar-refractivity contribution < 1.29 is 24.6 Å². The van der Waals surface area contributed by atoms with Gasteiger partial charge < -0.3 is 26.2 Å². The van der Waals surface area contributed by atoms with Crippen LogP contribution in [0.2, 0.25) is 5.02 Å². The normalized spacial score (nSPS) is 11.6. The lowest BCUT2D eigenvalue weighted by Gasteiger charge is -2.13. The van der Waals surface area contributed by atoms with Crippen LogP contribution in [-0.2, 0) is 14.4 Å². The summed E-state index contributed by atoms with van der Waals surface area (Å²) in [6, 6.07) is 8.89. The summed E-state index contributed by atoms with van der Waals surface area (Å²) in [6.07, 6.45) is 1.57. The zero-order valence-electron chi connectivity index (χ0n) is 18.0. The van der Waals surface area contributed by atoms with E-state index in [1.807, 2.05) is 0 Å². The Hall–Kier alpha value is -3.57. The molecule has 3 rings (SSSR count). The topological polar surface area (TPSA) is 154 Å². The molecule has 0 radical (unpaired) electrons. The third kappa shape index (κ3) is 6.96. The smallest absolute Gasteiger partial charge is 0.327 e. The van der Waals surface area contributed by atoms with Gasteiger partial charge in [-0.2, -0.15) is 11.8 Å². The number of phenols is 1. The second kappa shape index (κ2) is 11.5. The number of aromatic hydroxyl groups is 1. The number of fused-ring (bicyclic) bond motifs is 1. The molecule has 0 saturated carbocycles. The number of carboxylic acids is 1. The maximum Gasteiger partial charge on any atom is 0.327 e. The maximum absolute atomic E-state index is 12.4. The van der Waals surface area contributed by atoms with Crippen molar-refractivity contribution in [3.8, 4) is 5.75 Å². The van der Waals surface area contributed by atoms with Gasteiger partial charge in [0.2, 0.25) is 11.8 Å². The molecule has 0 fully saturated rings. The second-order valence-electron chi connectivity index (χ2n) is 7.21. The molecule has 3 aromatic rings. The van der Waals surface area contributed by atoms with Gasteiger partial charge in [0.15, 0.2) is 0 Å². The van der Waals surface area contributed by atoms with Gasteiger partial charge in [-0.3, -0.25) is 9.59 Å². The Labute approximate surface area is 204 Å². The molecule has 2 aromatic carbocycles. The number of amides is 2. The van der Waals surface area contributed by atoms with E-state index in [-0.39, 0.29) is 28.9 Å². The average molecular weight is 504 g/mol. The number of halogens is 1. The van der Waals surface area contributed by atoms with E-state index in [1.165, 1.54) is 31.1 Å². The Morgan fingerprint density at radius 2 is 1.88 bits per heavy atom. The minimum absolute atomic E-state index is 0.0310. The first-order valence-electron chi connectivity index (χ1n) is 10.1. The number of benzene rings is 2. The van der Waals surface area contributed by atoms with Gasteiger partial charge in [0.1, 0.15) is 23.9 Å². The lowest BCUT2D eigenvalue weighted by molar-refractivity contribution is -0.140. The minimum Gasteiger partial charge on any atom is -0.506 e. The molecule has 5 N–H and O–H groups in total. The Morgan fingerprint density at radius 1 is 1.12 bits per heavy atom. The van der Waals surface area contributed by atoms with Crippen LogP contribution in [0.1, 0.15) is 13.3 Å². The molecule has 0 aliphatic heterocycles. The number of rotatable bonds is 10. The number of thioether (sulfide) groups is 1. The van der Waals surface area contributed by atoms with Crippen LogP contribution in [0.25, 0.3) is 10.9 Å². The summed E-state index contributed by atoms with van der Waals surface area (Å²) in [5.41, 5.74) is 1.83. The van der Waals surface area contributed by atoms with Crippen molar-refractivity contribution in [2.24, 2.45) is 0 Å². The Morgan fingerprint density at radius 3 is 2.59 bits per heavy atom. The molecule has 12 heteroatoms. The molecule has 0 unspecified atom stereocenters. The maximum atomic E-state index is 12.4. The van der Waals surface area contributed by atoms with Gasteiger partial charge in [-0.25, -0.2) is 14.8 Å². The van der Waals surface area contributed by atoms with E-state index in [0.717, 1.165) is 0 Å². The van der Waals surface area contributed by atoms with Crippen LogP contribution in [0.15, 0.2) is 42.7 Å². The summed E-state index contributed by atoms with van der Waals surface area (Å²) in [4.78, 5) is 43.1. The van der Waals surface area contributed by atoms with E-state index in [2.05, 4.69) is 25.9 Å². The molecule has 178 valence electrons. The van der Waals surface area contributed by atoms with Crippen molar-refractivity contribution >= 4 is 69.2 Å². The fourth-order valence-corrected chi connectivity index (χ4v) is 4.10. The van der Waals surface area contributed by atoms with Crippen LogP contribution in [0, 0.1) is 0 Å². The van der Waals surface area contributed by atoms with E-state index in [1.54, 1.807) is 30.3 Å². The third-order valence-corrected chi connectivity index (χ3v) is 5.93. The molecule has 0 bridgehead atoms. The second-order valence-corrected chi connectivity index (χ2v) is 8.77. The van der Waals surface area contributed by atoms with Crippen LogP contribution >= 0.6 is 23.4 Å². The number of anilines is 3. The first kappa shape index (κ1) is 25.1. The van der Waals surface area contributed by atoms with Crippen molar-refractivity contribution in [2.45, 2.75) is 19.4 Å². The van der Waals surface area contributed by atoms with Gasteiger partial charge in [-0.05, 0) is 36.4 Å². The molecule has 1 atom stereocenters. The van der Waals surface area contributed by atoms with Crippen molar-refractivity contribution in [1.29, 1.82) is 0 Å². The number of hydrogen-bond acceptors (Lipinski definition) is 8. The van der Waals surface area contributed by atoms with Gasteiger partial charge in [0.25, 0.3) is 0 Å². The van der Waals surface area contributed by atoms with E-state index in [0.29, 0.717) is 33.8 Å². The van der Waals surface area contributed by atoms with E-state index >= 15 is 0 Å². The average Bonchev–Trinajstić information content (AvgIpc) is 2.78. The Balaban J connectivity index is 1.62. The van der Waals surface area contributed by atoms with E-state index in [4.69, 9.17) is 16.7 Å². The van der Waals surface area contributed by atoms with Gasteiger partial charge in [-0.1, -0.05) is 11.6 Å². The van der Waals surface area contributed by atoms with Gasteiger partial charge in [-0.15, -0.1) is 0 Å². The molecule has 0 saturated heterocycles. The van der Waals surface area contributed by atoms with Gasteiger partial charge in [0, 0.05) is 41.6 Å². The molecular formula is C22H22ClN5O5S. The summed E-state index contributed by atoms with van der Waals surface area (Å²) in [7, 11) is 0. The summed E-state index contributed by atoms with van der Waals surface area (Å²) < 4.78 is 0. The first-order valence-corrected chi connectivity index (χ1v) is 11.6. The molecule has 0 aliphatic rings. The lowest BCUT2D eigenvalue weighted by atomic mass is 10.2. The molecule has 1 aromatic heterocycles. The van der Waals surface area contributed by atoms with Crippen LogP contribution in [-0.4, -0.2) is 55.5 Å². The first-order chi connectivity index (χ1) is 16.2. The molecule has 2 amide bonds. The van der Waals surface area contributed by atoms with Crippen LogP contribution in [0.3, 0.4) is 0 Å². The summed E-state index contributed by atoms with van der Waals surface area (Å²) in [6.45, 7) is 1.25.